The normalized spacial score (nSPS) is 10.1. The average Bonchev–Trinajstić information content (AvgIpc) is 2.52. The van der Waals surface area contributed by atoms with Crippen molar-refractivity contribution in [2.75, 3.05) is 0 Å². The predicted octanol–water partition coefficient (Wildman–Crippen LogP) is 2.57. The fourth-order valence-corrected chi connectivity index (χ4v) is 1.81. The number of amides is 1. The van der Waals surface area contributed by atoms with Crippen LogP contribution in [-0.4, -0.2) is 6.09 Å². The molecule has 104 valence electrons. The summed E-state index contributed by atoms with van der Waals surface area (Å²) in [6.07, 6.45) is -0.424. The molecular weight excluding hydrogens is 252 g/mol. The zero-order valence-corrected chi connectivity index (χ0v) is 11.2. The molecule has 0 bridgehead atoms. The molecule has 2 rings (SSSR count). The Labute approximate surface area is 118 Å². The maximum atomic E-state index is 11.6. The molecule has 0 aliphatic rings. The maximum Gasteiger partial charge on any atom is 0.407 e. The molecule has 0 saturated carbocycles. The van der Waals surface area contributed by atoms with Gasteiger partial charge in [0.15, 0.2) is 0 Å². The van der Waals surface area contributed by atoms with E-state index < -0.39 is 6.09 Å². The van der Waals surface area contributed by atoms with Crippen LogP contribution in [0.5, 0.6) is 0 Å². The van der Waals surface area contributed by atoms with Gasteiger partial charge in [0.2, 0.25) is 0 Å². The molecule has 0 atom stereocenters. The number of benzene rings is 2. The molecule has 0 spiro atoms. The van der Waals surface area contributed by atoms with Gasteiger partial charge in [0, 0.05) is 13.1 Å². The molecule has 0 fully saturated rings. The fourth-order valence-electron chi connectivity index (χ4n) is 1.81. The van der Waals surface area contributed by atoms with Crippen molar-refractivity contribution in [1.82, 2.24) is 5.32 Å². The number of ether oxygens (including phenoxy) is 1. The number of carbonyl (C=O) groups excluding carboxylic acids is 1. The smallest absolute Gasteiger partial charge is 0.407 e. The highest BCUT2D eigenvalue weighted by molar-refractivity contribution is 5.67. The number of alkyl carbamates (subject to hydrolysis) is 1. The first-order valence-electron chi connectivity index (χ1n) is 6.50. The lowest BCUT2D eigenvalue weighted by molar-refractivity contribution is 0.139. The second kappa shape index (κ2) is 7.31. The standard InChI is InChI=1S/C16H18N2O2/c17-10-14-7-4-8-15(9-14)11-18-16(19)20-12-13-5-2-1-3-6-13/h1-9H,10-12,17H2,(H,18,19). The monoisotopic (exact) mass is 270 g/mol. The van der Waals surface area contributed by atoms with E-state index in [1.54, 1.807) is 0 Å². The van der Waals surface area contributed by atoms with Crippen LogP contribution < -0.4 is 11.1 Å². The van der Waals surface area contributed by atoms with E-state index in [1.165, 1.54) is 0 Å². The van der Waals surface area contributed by atoms with Crippen LogP contribution in [0.15, 0.2) is 54.6 Å². The Morgan fingerprint density at radius 3 is 2.45 bits per heavy atom. The maximum absolute atomic E-state index is 11.6. The first kappa shape index (κ1) is 14.1. The Bertz CT molecular complexity index is 555. The Kier molecular flexibility index (Phi) is 5.15. The lowest BCUT2D eigenvalue weighted by atomic mass is 10.1. The van der Waals surface area contributed by atoms with E-state index in [0.717, 1.165) is 16.7 Å². The molecule has 0 aliphatic carbocycles. The minimum Gasteiger partial charge on any atom is -0.445 e. The van der Waals surface area contributed by atoms with Crippen LogP contribution in [0.1, 0.15) is 16.7 Å². The SMILES string of the molecule is NCc1cccc(CNC(=O)OCc2ccccc2)c1. The van der Waals surface area contributed by atoms with E-state index >= 15 is 0 Å². The van der Waals surface area contributed by atoms with E-state index in [0.29, 0.717) is 13.1 Å². The number of nitrogens with one attached hydrogen (secondary N) is 1. The highest BCUT2D eigenvalue weighted by Gasteiger charge is 2.03. The predicted molar refractivity (Wildman–Crippen MR) is 77.8 cm³/mol. The minimum absolute atomic E-state index is 0.273. The van der Waals surface area contributed by atoms with E-state index in [-0.39, 0.29) is 6.61 Å². The molecule has 4 nitrogen and oxygen atoms in total. The lowest BCUT2D eigenvalue weighted by Gasteiger charge is -2.08. The zero-order valence-electron chi connectivity index (χ0n) is 11.2. The number of hydrogen-bond acceptors (Lipinski definition) is 3. The van der Waals surface area contributed by atoms with Crippen LogP contribution in [0.25, 0.3) is 0 Å². The molecule has 3 N–H and O–H groups in total. The van der Waals surface area contributed by atoms with Crippen molar-refractivity contribution in [2.45, 2.75) is 19.7 Å². The molecule has 20 heavy (non-hydrogen) atoms. The van der Waals surface area contributed by atoms with Gasteiger partial charge < -0.3 is 15.8 Å². The molecular formula is C16H18N2O2. The van der Waals surface area contributed by atoms with Gasteiger partial charge in [0.25, 0.3) is 0 Å². The Balaban J connectivity index is 1.77. The van der Waals surface area contributed by atoms with Crippen molar-refractivity contribution >= 4 is 6.09 Å². The molecule has 0 aliphatic heterocycles. The summed E-state index contributed by atoms with van der Waals surface area (Å²) in [5.41, 5.74) is 8.59. The number of rotatable bonds is 5. The molecule has 0 radical (unpaired) electrons. The highest BCUT2D eigenvalue weighted by atomic mass is 16.5. The molecule has 1 amide bonds. The van der Waals surface area contributed by atoms with Crippen molar-refractivity contribution in [2.24, 2.45) is 5.73 Å². The van der Waals surface area contributed by atoms with Crippen LogP contribution in [0.2, 0.25) is 0 Å². The van der Waals surface area contributed by atoms with Gasteiger partial charge >= 0.3 is 6.09 Å². The van der Waals surface area contributed by atoms with Gasteiger partial charge in [-0.1, -0.05) is 54.6 Å². The molecule has 2 aromatic rings. The topological polar surface area (TPSA) is 64.3 Å². The van der Waals surface area contributed by atoms with Gasteiger partial charge in [-0.2, -0.15) is 0 Å². The summed E-state index contributed by atoms with van der Waals surface area (Å²) in [4.78, 5) is 11.6. The van der Waals surface area contributed by atoms with Crippen LogP contribution >= 0.6 is 0 Å². The molecule has 0 saturated heterocycles. The van der Waals surface area contributed by atoms with Crippen molar-refractivity contribution in [3.8, 4) is 0 Å². The highest BCUT2D eigenvalue weighted by Crippen LogP contribution is 2.05. The first-order chi connectivity index (χ1) is 9.78. The lowest BCUT2D eigenvalue weighted by Crippen LogP contribution is -2.23. The summed E-state index contributed by atoms with van der Waals surface area (Å²) >= 11 is 0. The second-order valence-corrected chi connectivity index (χ2v) is 4.44. The molecule has 0 heterocycles. The van der Waals surface area contributed by atoms with Crippen molar-refractivity contribution < 1.29 is 9.53 Å². The Morgan fingerprint density at radius 1 is 1.00 bits per heavy atom. The molecule has 0 unspecified atom stereocenters. The van der Waals surface area contributed by atoms with E-state index in [1.807, 2.05) is 54.6 Å². The van der Waals surface area contributed by atoms with E-state index in [2.05, 4.69) is 5.32 Å². The number of hydrogen-bond donors (Lipinski definition) is 2. The molecule has 4 heteroatoms. The van der Waals surface area contributed by atoms with Gasteiger partial charge in [0.1, 0.15) is 6.61 Å². The average molecular weight is 270 g/mol. The van der Waals surface area contributed by atoms with Gasteiger partial charge in [-0.15, -0.1) is 0 Å². The summed E-state index contributed by atoms with van der Waals surface area (Å²) < 4.78 is 5.13. The van der Waals surface area contributed by atoms with Crippen molar-refractivity contribution in [3.05, 3.63) is 71.3 Å². The van der Waals surface area contributed by atoms with Gasteiger partial charge in [-0.3, -0.25) is 0 Å². The minimum atomic E-state index is -0.424. The largest absolute Gasteiger partial charge is 0.445 e. The van der Waals surface area contributed by atoms with Crippen molar-refractivity contribution in [3.63, 3.8) is 0 Å². The third-order valence-electron chi connectivity index (χ3n) is 2.88. The number of nitrogens with two attached hydrogens (primary N) is 1. The number of carbonyl (C=O) groups is 1. The molecule has 0 aromatic heterocycles. The Hall–Kier alpha value is -2.33. The van der Waals surface area contributed by atoms with Crippen LogP contribution in [0, 0.1) is 0 Å². The molecule has 2 aromatic carbocycles. The van der Waals surface area contributed by atoms with Crippen LogP contribution in [0.3, 0.4) is 0 Å². The van der Waals surface area contributed by atoms with Gasteiger partial charge in [-0.25, -0.2) is 4.79 Å². The summed E-state index contributed by atoms with van der Waals surface area (Å²) in [6.45, 7) is 1.20. The van der Waals surface area contributed by atoms with Gasteiger partial charge in [-0.05, 0) is 16.7 Å². The van der Waals surface area contributed by atoms with Gasteiger partial charge in [0.05, 0.1) is 0 Å². The van der Waals surface area contributed by atoms with E-state index in [4.69, 9.17) is 10.5 Å². The third-order valence-corrected chi connectivity index (χ3v) is 2.88. The zero-order chi connectivity index (χ0) is 14.2. The second-order valence-electron chi connectivity index (χ2n) is 4.44. The van der Waals surface area contributed by atoms with Crippen LogP contribution in [-0.2, 0) is 24.4 Å². The summed E-state index contributed by atoms with van der Waals surface area (Å²) in [6, 6.07) is 17.4. The fraction of sp³-hybridized carbons (Fsp3) is 0.188. The first-order valence-corrected chi connectivity index (χ1v) is 6.50. The quantitative estimate of drug-likeness (QED) is 0.877. The van der Waals surface area contributed by atoms with Crippen molar-refractivity contribution in [1.29, 1.82) is 0 Å². The summed E-state index contributed by atoms with van der Waals surface area (Å²) in [5.74, 6) is 0. The summed E-state index contributed by atoms with van der Waals surface area (Å²) in [5, 5.41) is 2.72. The summed E-state index contributed by atoms with van der Waals surface area (Å²) in [7, 11) is 0. The Morgan fingerprint density at radius 2 is 1.70 bits per heavy atom. The third kappa shape index (κ3) is 4.40. The van der Waals surface area contributed by atoms with E-state index in [9.17, 15) is 4.79 Å². The van der Waals surface area contributed by atoms with Crippen LogP contribution in [0.4, 0.5) is 4.79 Å².